The molecule has 14 nitrogen and oxygen atoms in total. The van der Waals surface area contributed by atoms with Crippen LogP contribution >= 0.6 is 11.6 Å². The second-order valence-corrected chi connectivity index (χ2v) is 15.4. The average molecular weight is 719 g/mol. The number of aromatic nitrogens is 5. The lowest BCUT2D eigenvalue weighted by molar-refractivity contribution is -0.163. The molecule has 1 aromatic carbocycles. The summed E-state index contributed by atoms with van der Waals surface area (Å²) in [6, 6.07) is 6.31. The van der Waals surface area contributed by atoms with Crippen LogP contribution in [0.1, 0.15) is 69.6 Å². The van der Waals surface area contributed by atoms with E-state index in [4.69, 9.17) is 35.1 Å². The number of benzene rings is 1. The molecular formula is C33H43ClN6O8S. The number of rotatable bonds is 11. The molecule has 0 aliphatic rings. The molecule has 1 atom stereocenters. The van der Waals surface area contributed by atoms with Crippen LogP contribution in [-0.4, -0.2) is 75.7 Å². The molecule has 3 heterocycles. The van der Waals surface area contributed by atoms with Crippen molar-refractivity contribution < 1.29 is 36.7 Å². The van der Waals surface area contributed by atoms with Gasteiger partial charge in [0.25, 0.3) is 10.1 Å². The number of aliphatic hydroxyl groups is 1. The normalized spacial score (nSPS) is 13.1. The van der Waals surface area contributed by atoms with E-state index in [1.165, 1.54) is 16.8 Å². The highest BCUT2D eigenvalue weighted by molar-refractivity contribution is 7.86. The third-order valence-electron chi connectivity index (χ3n) is 7.03. The van der Waals surface area contributed by atoms with Crippen LogP contribution in [0.5, 0.6) is 5.75 Å². The Morgan fingerprint density at radius 1 is 1.02 bits per heavy atom. The van der Waals surface area contributed by atoms with Crippen LogP contribution in [0.15, 0.2) is 35.4 Å². The zero-order chi connectivity index (χ0) is 36.5. The van der Waals surface area contributed by atoms with Gasteiger partial charge in [-0.2, -0.15) is 28.4 Å². The average Bonchev–Trinajstić information content (AvgIpc) is 3.30. The second kappa shape index (κ2) is 14.5. The van der Waals surface area contributed by atoms with Gasteiger partial charge < -0.3 is 19.3 Å². The highest BCUT2D eigenvalue weighted by Gasteiger charge is 2.35. The van der Waals surface area contributed by atoms with Crippen LogP contribution in [0.25, 0.3) is 11.0 Å². The molecule has 1 amide bonds. The first kappa shape index (κ1) is 37.9. The van der Waals surface area contributed by atoms with Gasteiger partial charge in [-0.25, -0.2) is 9.48 Å². The number of amides is 1. The summed E-state index contributed by atoms with van der Waals surface area (Å²) < 4.78 is 49.4. The molecule has 3 aromatic heterocycles. The van der Waals surface area contributed by atoms with E-state index in [9.17, 15) is 18.3 Å². The number of methoxy groups -OCH3 is 1. The van der Waals surface area contributed by atoms with Crippen LogP contribution in [-0.2, 0) is 36.7 Å². The van der Waals surface area contributed by atoms with E-state index < -0.39 is 33.8 Å². The molecule has 0 saturated heterocycles. The van der Waals surface area contributed by atoms with Gasteiger partial charge in [-0.15, -0.1) is 0 Å². The summed E-state index contributed by atoms with van der Waals surface area (Å²) >= 11 is 6.78. The second-order valence-electron chi connectivity index (χ2n) is 13.4. The minimum Gasteiger partial charge on any atom is -0.496 e. The van der Waals surface area contributed by atoms with Gasteiger partial charge in [-0.3, -0.25) is 9.17 Å². The van der Waals surface area contributed by atoms with E-state index in [-0.39, 0.29) is 46.6 Å². The summed E-state index contributed by atoms with van der Waals surface area (Å²) in [5.74, 6) is 0.337. The first-order valence-electron chi connectivity index (χ1n) is 15.5. The molecular weight excluding hydrogens is 676 g/mol. The molecule has 0 fully saturated rings. The van der Waals surface area contributed by atoms with E-state index in [1.807, 2.05) is 20.8 Å². The Labute approximate surface area is 291 Å². The van der Waals surface area contributed by atoms with Crippen LogP contribution in [0, 0.1) is 20.8 Å². The molecule has 0 radical (unpaired) electrons. The molecule has 4 aromatic rings. The molecule has 16 heteroatoms. The molecule has 1 N–H and O–H groups in total. The standard InChI is InChI=1S/C33H43ClN6O8S/c1-19-11-13-22(14-12-19)49(43,44)46-16-15-23-25-27(34)36-29(40(30(41)47-32(4,5)6)31(42)48-33(7,8)9)37-28(25)39(38-23)18-24-21(3)26(45-10)20(2)17-35-24/h11-14,17,30,41H,15-16,18H2,1-10H3. The zero-order valence-electron chi connectivity index (χ0n) is 29.4. The van der Waals surface area contributed by atoms with Crippen LogP contribution in [0.3, 0.4) is 0 Å². The van der Waals surface area contributed by atoms with Gasteiger partial charge in [-0.1, -0.05) is 29.3 Å². The predicted molar refractivity (Wildman–Crippen MR) is 183 cm³/mol. The lowest BCUT2D eigenvalue weighted by Gasteiger charge is -2.32. The third-order valence-corrected chi connectivity index (χ3v) is 8.63. The Kier molecular flexibility index (Phi) is 11.2. The van der Waals surface area contributed by atoms with Crippen molar-refractivity contribution >= 4 is 44.8 Å². The first-order chi connectivity index (χ1) is 22.7. The van der Waals surface area contributed by atoms with Gasteiger partial charge in [0, 0.05) is 23.7 Å². The number of pyridine rings is 1. The number of carbonyl (C=O) groups is 1. The van der Waals surface area contributed by atoms with Gasteiger partial charge in [0.05, 0.1) is 47.5 Å². The van der Waals surface area contributed by atoms with Crippen molar-refractivity contribution in [3.8, 4) is 5.75 Å². The Morgan fingerprint density at radius 3 is 2.27 bits per heavy atom. The number of hydrogen-bond donors (Lipinski definition) is 1. The quantitative estimate of drug-likeness (QED) is 0.115. The summed E-state index contributed by atoms with van der Waals surface area (Å²) in [5, 5.41) is 16.0. The smallest absolute Gasteiger partial charge is 0.421 e. The Bertz CT molecular complexity index is 1940. The Balaban J connectivity index is 1.82. The zero-order valence-corrected chi connectivity index (χ0v) is 30.9. The fourth-order valence-corrected chi connectivity index (χ4v) is 6.00. The maximum Gasteiger partial charge on any atom is 0.421 e. The van der Waals surface area contributed by atoms with E-state index in [2.05, 4.69) is 15.0 Å². The van der Waals surface area contributed by atoms with Gasteiger partial charge in [0.15, 0.2) is 5.65 Å². The number of anilines is 1. The minimum atomic E-state index is -4.06. The van der Waals surface area contributed by atoms with Crippen LogP contribution < -0.4 is 9.64 Å². The van der Waals surface area contributed by atoms with Crippen LogP contribution in [0.4, 0.5) is 10.7 Å². The summed E-state index contributed by atoms with van der Waals surface area (Å²) in [5.41, 5.74) is 1.81. The Morgan fingerprint density at radius 2 is 1.67 bits per heavy atom. The summed E-state index contributed by atoms with van der Waals surface area (Å²) in [6.07, 6.45) is -1.16. The van der Waals surface area contributed by atoms with Gasteiger partial charge in [0.2, 0.25) is 12.4 Å². The monoisotopic (exact) mass is 718 g/mol. The van der Waals surface area contributed by atoms with Crippen molar-refractivity contribution in [2.75, 3.05) is 18.6 Å². The largest absolute Gasteiger partial charge is 0.496 e. The SMILES string of the molecule is COc1c(C)cnc(Cn2nc(CCOS(=O)(=O)c3ccc(C)cc3)c3c(Cl)nc(N(C(=O)OC(C)(C)C)C(O)OC(C)(C)C)nc32)c1C. The van der Waals surface area contributed by atoms with E-state index in [0.717, 1.165) is 21.6 Å². The van der Waals surface area contributed by atoms with Crippen molar-refractivity contribution in [2.24, 2.45) is 0 Å². The minimum absolute atomic E-state index is 0.00614. The lowest BCUT2D eigenvalue weighted by Crippen LogP contribution is -2.48. The maximum absolute atomic E-state index is 13.5. The topological polar surface area (TPSA) is 168 Å². The number of ether oxygens (including phenoxy) is 3. The molecule has 4 rings (SSSR count). The summed E-state index contributed by atoms with van der Waals surface area (Å²) in [6.45, 7) is 15.5. The van der Waals surface area contributed by atoms with E-state index in [1.54, 1.807) is 67.0 Å². The molecule has 0 saturated carbocycles. The number of halogens is 1. The Hall–Kier alpha value is -3.89. The number of aryl methyl sites for hydroxylation is 2. The van der Waals surface area contributed by atoms with Crippen molar-refractivity contribution in [1.82, 2.24) is 24.7 Å². The van der Waals surface area contributed by atoms with Crippen molar-refractivity contribution in [3.63, 3.8) is 0 Å². The van der Waals surface area contributed by atoms with Crippen LogP contribution in [0.2, 0.25) is 5.15 Å². The molecule has 266 valence electrons. The number of carbonyl (C=O) groups excluding carboxylic acids is 1. The maximum atomic E-state index is 13.5. The number of nitrogens with zero attached hydrogens (tertiary/aromatic N) is 6. The van der Waals surface area contributed by atoms with E-state index in [0.29, 0.717) is 17.1 Å². The van der Waals surface area contributed by atoms with Crippen molar-refractivity contribution in [2.45, 2.75) is 97.8 Å². The first-order valence-corrected chi connectivity index (χ1v) is 17.3. The highest BCUT2D eigenvalue weighted by atomic mass is 35.5. The molecule has 0 aliphatic heterocycles. The number of fused-ring (bicyclic) bond motifs is 1. The van der Waals surface area contributed by atoms with Gasteiger partial charge in [-0.05, 0) is 74.4 Å². The van der Waals surface area contributed by atoms with Gasteiger partial charge >= 0.3 is 6.09 Å². The molecule has 1 unspecified atom stereocenters. The summed E-state index contributed by atoms with van der Waals surface area (Å²) in [7, 11) is -2.49. The number of hydrogen-bond acceptors (Lipinski definition) is 12. The van der Waals surface area contributed by atoms with Gasteiger partial charge in [0.1, 0.15) is 16.5 Å². The highest BCUT2D eigenvalue weighted by Crippen LogP contribution is 2.31. The third kappa shape index (κ3) is 9.22. The molecule has 0 aliphatic carbocycles. The molecule has 0 bridgehead atoms. The molecule has 0 spiro atoms. The number of aliphatic hydroxyl groups excluding tert-OH is 1. The van der Waals surface area contributed by atoms with Crippen molar-refractivity contribution in [1.29, 1.82) is 0 Å². The fraction of sp³-hybridized carbons (Fsp3) is 0.485. The predicted octanol–water partition coefficient (Wildman–Crippen LogP) is 5.64. The molecule has 49 heavy (non-hydrogen) atoms. The lowest BCUT2D eigenvalue weighted by atomic mass is 10.1. The fourth-order valence-electron chi connectivity index (χ4n) is 4.83. The van der Waals surface area contributed by atoms with E-state index >= 15 is 0 Å². The summed E-state index contributed by atoms with van der Waals surface area (Å²) in [4.78, 5) is 27.8. The van der Waals surface area contributed by atoms with Crippen molar-refractivity contribution in [3.05, 3.63) is 63.7 Å².